The van der Waals surface area contributed by atoms with E-state index in [-0.39, 0.29) is 11.3 Å². The van der Waals surface area contributed by atoms with Gasteiger partial charge in [-0.25, -0.2) is 8.42 Å². The molecule has 2 rings (SSSR count). The molecule has 0 spiro atoms. The highest BCUT2D eigenvalue weighted by Crippen LogP contribution is 2.21. The molecule has 134 valence electrons. The van der Waals surface area contributed by atoms with Gasteiger partial charge >= 0.3 is 5.97 Å². The molecule has 1 atom stereocenters. The van der Waals surface area contributed by atoms with Crippen LogP contribution in [-0.4, -0.2) is 24.7 Å². The van der Waals surface area contributed by atoms with E-state index in [1.54, 1.807) is 18.2 Å². The lowest BCUT2D eigenvalue weighted by molar-refractivity contribution is -0.136. The number of carboxylic acids is 1. The summed E-state index contributed by atoms with van der Waals surface area (Å²) in [4.78, 5) is 11.5. The second-order valence-electron chi connectivity index (χ2n) is 6.12. The van der Waals surface area contributed by atoms with Gasteiger partial charge in [0.2, 0.25) is 0 Å². The monoisotopic (exact) mass is 360 g/mol. The molecular formula is C20H24O4S. The Hall–Kier alpha value is -2.14. The molecule has 0 radical (unpaired) electrons. The van der Waals surface area contributed by atoms with E-state index in [2.05, 4.69) is 12.1 Å². The van der Waals surface area contributed by atoms with Gasteiger partial charge in [-0.15, -0.1) is 0 Å². The van der Waals surface area contributed by atoms with Crippen molar-refractivity contribution in [1.29, 1.82) is 0 Å². The van der Waals surface area contributed by atoms with E-state index in [0.29, 0.717) is 6.42 Å². The minimum Gasteiger partial charge on any atom is -0.480 e. The second kappa shape index (κ2) is 9.37. The van der Waals surface area contributed by atoms with Gasteiger partial charge in [0.25, 0.3) is 0 Å². The molecule has 0 fully saturated rings. The third-order valence-corrected chi connectivity index (χ3v) is 6.36. The van der Waals surface area contributed by atoms with Gasteiger partial charge in [-0.05, 0) is 37.0 Å². The summed E-state index contributed by atoms with van der Waals surface area (Å²) >= 11 is 0. The maximum absolute atomic E-state index is 12.5. The number of carbonyl (C=O) groups is 1. The zero-order valence-corrected chi connectivity index (χ0v) is 15.0. The van der Waals surface area contributed by atoms with Gasteiger partial charge in [-0.2, -0.15) is 0 Å². The van der Waals surface area contributed by atoms with Crippen LogP contribution in [0.4, 0.5) is 0 Å². The molecule has 1 unspecified atom stereocenters. The Kier molecular flexibility index (Phi) is 7.19. The lowest BCUT2D eigenvalue weighted by Crippen LogP contribution is -2.30. The van der Waals surface area contributed by atoms with Crippen molar-refractivity contribution >= 4 is 15.8 Å². The van der Waals surface area contributed by atoms with Crippen molar-refractivity contribution < 1.29 is 18.3 Å². The summed E-state index contributed by atoms with van der Waals surface area (Å²) in [7, 11) is -3.84. The smallest absolute Gasteiger partial charge is 0.322 e. The molecule has 1 N–H and O–H groups in total. The van der Waals surface area contributed by atoms with Crippen molar-refractivity contribution in [2.45, 2.75) is 48.7 Å². The molecule has 2 aromatic carbocycles. The lowest BCUT2D eigenvalue weighted by atomic mass is 10.0. The highest BCUT2D eigenvalue weighted by Gasteiger charge is 2.33. The van der Waals surface area contributed by atoms with E-state index in [1.165, 1.54) is 17.7 Å². The van der Waals surface area contributed by atoms with Crippen molar-refractivity contribution in [3.05, 3.63) is 66.2 Å². The number of aryl methyl sites for hydroxylation is 1. The van der Waals surface area contributed by atoms with Gasteiger partial charge < -0.3 is 5.11 Å². The van der Waals surface area contributed by atoms with Crippen LogP contribution < -0.4 is 0 Å². The van der Waals surface area contributed by atoms with Crippen LogP contribution in [0, 0.1) is 0 Å². The van der Waals surface area contributed by atoms with Crippen LogP contribution in [0.2, 0.25) is 0 Å². The van der Waals surface area contributed by atoms with E-state index >= 15 is 0 Å². The van der Waals surface area contributed by atoms with Crippen LogP contribution in [0.15, 0.2) is 65.6 Å². The highest BCUT2D eigenvalue weighted by atomic mass is 32.2. The fourth-order valence-electron chi connectivity index (χ4n) is 2.84. The first kappa shape index (κ1) is 19.2. The Morgan fingerprint density at radius 2 is 1.40 bits per heavy atom. The molecule has 0 aliphatic heterocycles. The molecule has 0 saturated carbocycles. The largest absolute Gasteiger partial charge is 0.480 e. The minimum absolute atomic E-state index is 0.0754. The average molecular weight is 360 g/mol. The predicted molar refractivity (Wildman–Crippen MR) is 98.3 cm³/mol. The summed E-state index contributed by atoms with van der Waals surface area (Å²) in [6, 6.07) is 18.0. The summed E-state index contributed by atoms with van der Waals surface area (Å²) < 4.78 is 25.0. The minimum atomic E-state index is -3.84. The zero-order chi connectivity index (χ0) is 18.1. The number of hydrogen-bond acceptors (Lipinski definition) is 3. The molecule has 25 heavy (non-hydrogen) atoms. The van der Waals surface area contributed by atoms with Crippen molar-refractivity contribution in [1.82, 2.24) is 0 Å². The van der Waals surface area contributed by atoms with Crippen molar-refractivity contribution in [3.8, 4) is 0 Å². The van der Waals surface area contributed by atoms with Crippen LogP contribution in [-0.2, 0) is 21.1 Å². The van der Waals surface area contributed by atoms with E-state index in [0.717, 1.165) is 25.7 Å². The Morgan fingerprint density at radius 3 is 2.00 bits per heavy atom. The van der Waals surface area contributed by atoms with Crippen molar-refractivity contribution in [2.75, 3.05) is 0 Å². The molecule has 4 nitrogen and oxygen atoms in total. The first-order chi connectivity index (χ1) is 12.0. The predicted octanol–water partition coefficient (Wildman–Crippen LogP) is 4.11. The first-order valence-electron chi connectivity index (χ1n) is 8.57. The molecular weight excluding hydrogens is 336 g/mol. The number of sulfone groups is 1. The third-order valence-electron chi connectivity index (χ3n) is 4.25. The number of benzene rings is 2. The average Bonchev–Trinajstić information content (AvgIpc) is 2.62. The molecule has 0 heterocycles. The van der Waals surface area contributed by atoms with Crippen LogP contribution in [0.25, 0.3) is 0 Å². The van der Waals surface area contributed by atoms with Gasteiger partial charge in [0.15, 0.2) is 15.1 Å². The zero-order valence-electron chi connectivity index (χ0n) is 14.2. The summed E-state index contributed by atoms with van der Waals surface area (Å²) in [6.07, 6.45) is 4.56. The highest BCUT2D eigenvalue weighted by molar-refractivity contribution is 7.92. The molecule has 2 aromatic rings. The summed E-state index contributed by atoms with van der Waals surface area (Å²) in [5.41, 5.74) is 1.29. The van der Waals surface area contributed by atoms with E-state index in [1.807, 2.05) is 18.2 Å². The number of carboxylic acid groups (broad SMARTS) is 1. The van der Waals surface area contributed by atoms with Gasteiger partial charge in [-0.1, -0.05) is 67.8 Å². The molecule has 0 amide bonds. The number of rotatable bonds is 10. The van der Waals surface area contributed by atoms with Gasteiger partial charge in [0, 0.05) is 0 Å². The third kappa shape index (κ3) is 5.71. The second-order valence-corrected chi connectivity index (χ2v) is 8.25. The Bertz CT molecular complexity index is 755. The van der Waals surface area contributed by atoms with Gasteiger partial charge in [0.1, 0.15) is 0 Å². The maximum Gasteiger partial charge on any atom is 0.322 e. The molecule has 0 saturated heterocycles. The van der Waals surface area contributed by atoms with Gasteiger partial charge in [0.05, 0.1) is 4.90 Å². The topological polar surface area (TPSA) is 71.4 Å². The standard InChI is InChI=1S/C20H24O4S/c21-20(22)19(25(23,24)18-14-8-4-9-15-18)16-10-2-1-5-11-17-12-6-3-7-13-17/h3-4,6-9,12-15,19H,1-2,5,10-11,16H2,(H,21,22). The van der Waals surface area contributed by atoms with E-state index in [9.17, 15) is 18.3 Å². The Labute approximate surface area is 149 Å². The van der Waals surface area contributed by atoms with Crippen LogP contribution in [0.3, 0.4) is 0 Å². The SMILES string of the molecule is O=C(O)C(CCCCCCc1ccccc1)S(=O)(=O)c1ccccc1. The summed E-state index contributed by atoms with van der Waals surface area (Å²) in [6.45, 7) is 0. The Morgan fingerprint density at radius 1 is 0.840 bits per heavy atom. The van der Waals surface area contributed by atoms with E-state index < -0.39 is 21.1 Å². The molecule has 0 aromatic heterocycles. The molecule has 5 heteroatoms. The number of aliphatic carboxylic acids is 1. The summed E-state index contributed by atoms with van der Waals surface area (Å²) in [5, 5.41) is 7.97. The quantitative estimate of drug-likeness (QED) is 0.647. The first-order valence-corrected chi connectivity index (χ1v) is 10.1. The van der Waals surface area contributed by atoms with Crippen molar-refractivity contribution in [2.24, 2.45) is 0 Å². The lowest BCUT2D eigenvalue weighted by Gasteiger charge is -2.13. The fourth-order valence-corrected chi connectivity index (χ4v) is 4.45. The van der Waals surface area contributed by atoms with Gasteiger partial charge in [-0.3, -0.25) is 4.79 Å². The van der Waals surface area contributed by atoms with E-state index in [4.69, 9.17) is 0 Å². The molecule has 0 aliphatic rings. The Balaban J connectivity index is 1.81. The molecule has 0 aliphatic carbocycles. The fraction of sp³-hybridized carbons (Fsp3) is 0.350. The van der Waals surface area contributed by atoms with Crippen molar-refractivity contribution in [3.63, 3.8) is 0 Å². The number of hydrogen-bond donors (Lipinski definition) is 1. The normalized spacial score (nSPS) is 12.6. The summed E-state index contributed by atoms with van der Waals surface area (Å²) in [5.74, 6) is -1.27. The van der Waals surface area contributed by atoms with Crippen LogP contribution >= 0.6 is 0 Å². The molecule has 0 bridgehead atoms. The number of unbranched alkanes of at least 4 members (excludes halogenated alkanes) is 3. The van der Waals surface area contributed by atoms with Crippen LogP contribution in [0.1, 0.15) is 37.7 Å². The van der Waals surface area contributed by atoms with Crippen LogP contribution in [0.5, 0.6) is 0 Å². The maximum atomic E-state index is 12.5.